The molecule has 1 aliphatic rings. The topological polar surface area (TPSA) is 66.0 Å². The maximum absolute atomic E-state index is 13.8. The molecule has 32 heavy (non-hydrogen) atoms. The Morgan fingerprint density at radius 2 is 2.00 bits per heavy atom. The number of rotatable bonds is 6. The van der Waals surface area contributed by atoms with Gasteiger partial charge in [0.15, 0.2) is 0 Å². The lowest BCUT2D eigenvalue weighted by Gasteiger charge is -2.13. The van der Waals surface area contributed by atoms with Gasteiger partial charge in [0, 0.05) is 30.1 Å². The Hall–Kier alpha value is -3.14. The van der Waals surface area contributed by atoms with Crippen LogP contribution in [-0.4, -0.2) is 25.8 Å². The molecule has 5 rings (SSSR count). The number of ether oxygens (including phenoxy) is 1. The molecule has 1 fully saturated rings. The van der Waals surface area contributed by atoms with E-state index < -0.39 is 11.7 Å². The molecule has 1 aliphatic carbocycles. The van der Waals surface area contributed by atoms with Crippen LogP contribution in [0.25, 0.3) is 22.8 Å². The highest BCUT2D eigenvalue weighted by molar-refractivity contribution is 9.10. The Labute approximate surface area is 189 Å². The van der Waals surface area contributed by atoms with Crippen LogP contribution in [-0.2, 0) is 12.7 Å². The van der Waals surface area contributed by atoms with Crippen LogP contribution in [0.1, 0.15) is 24.0 Å². The van der Waals surface area contributed by atoms with E-state index in [1.807, 2.05) is 0 Å². The summed E-state index contributed by atoms with van der Waals surface area (Å²) < 4.78 is 54.9. The van der Waals surface area contributed by atoms with Crippen molar-refractivity contribution in [1.82, 2.24) is 19.7 Å². The third-order valence-electron chi connectivity index (χ3n) is 4.98. The molecule has 0 unspecified atom stereocenters. The van der Waals surface area contributed by atoms with Gasteiger partial charge in [-0.3, -0.25) is 0 Å². The highest BCUT2D eigenvalue weighted by Crippen LogP contribution is 2.38. The fourth-order valence-electron chi connectivity index (χ4n) is 3.26. The molecule has 4 aromatic rings. The first-order valence-electron chi connectivity index (χ1n) is 9.83. The van der Waals surface area contributed by atoms with Crippen LogP contribution in [0.5, 0.6) is 5.75 Å². The molecule has 6 nitrogen and oxygen atoms in total. The van der Waals surface area contributed by atoms with Crippen molar-refractivity contribution in [2.24, 2.45) is 0 Å². The number of hydrogen-bond acceptors (Lipinski definition) is 5. The number of halogens is 4. The van der Waals surface area contributed by atoms with Crippen molar-refractivity contribution in [2.75, 3.05) is 0 Å². The van der Waals surface area contributed by atoms with Gasteiger partial charge in [0.05, 0.1) is 22.5 Å². The van der Waals surface area contributed by atoms with Gasteiger partial charge in [0.25, 0.3) is 5.89 Å². The van der Waals surface area contributed by atoms with Gasteiger partial charge in [-0.15, -0.1) is 0 Å². The maximum Gasteiger partial charge on any atom is 0.417 e. The van der Waals surface area contributed by atoms with E-state index in [4.69, 9.17) is 9.26 Å². The van der Waals surface area contributed by atoms with Crippen molar-refractivity contribution in [2.45, 2.75) is 31.7 Å². The molecule has 0 spiro atoms. The number of nitrogens with zero attached hydrogens (tertiary/aromatic N) is 4. The summed E-state index contributed by atoms with van der Waals surface area (Å²) >= 11 is 3.45. The van der Waals surface area contributed by atoms with Crippen molar-refractivity contribution in [1.29, 1.82) is 0 Å². The highest BCUT2D eigenvalue weighted by atomic mass is 79.9. The van der Waals surface area contributed by atoms with E-state index in [1.165, 1.54) is 6.07 Å². The second-order valence-corrected chi connectivity index (χ2v) is 8.35. The number of imidazole rings is 1. The predicted molar refractivity (Wildman–Crippen MR) is 113 cm³/mol. The third kappa shape index (κ3) is 4.40. The van der Waals surface area contributed by atoms with Gasteiger partial charge < -0.3 is 13.8 Å². The fourth-order valence-corrected chi connectivity index (χ4v) is 3.73. The van der Waals surface area contributed by atoms with E-state index in [1.54, 1.807) is 47.6 Å². The van der Waals surface area contributed by atoms with Crippen molar-refractivity contribution in [3.05, 3.63) is 70.7 Å². The minimum absolute atomic E-state index is 0.120. The molecule has 0 saturated heterocycles. The molecule has 2 aromatic carbocycles. The summed E-state index contributed by atoms with van der Waals surface area (Å²) in [6.07, 6.45) is 2.53. The second kappa shape index (κ2) is 8.09. The number of aromatic nitrogens is 4. The Bertz CT molecular complexity index is 1250. The van der Waals surface area contributed by atoms with Gasteiger partial charge in [-0.1, -0.05) is 17.3 Å². The average molecular weight is 505 g/mol. The molecule has 10 heteroatoms. The Balaban J connectivity index is 1.45. The van der Waals surface area contributed by atoms with Crippen LogP contribution in [0, 0.1) is 0 Å². The molecule has 0 aliphatic heterocycles. The van der Waals surface area contributed by atoms with Crippen molar-refractivity contribution < 1.29 is 22.4 Å². The summed E-state index contributed by atoms with van der Waals surface area (Å²) in [5.41, 5.74) is 0.0912. The first-order valence-corrected chi connectivity index (χ1v) is 10.6. The minimum Gasteiger partial charge on any atom is -0.489 e. The SMILES string of the molecule is FC(F)(F)c1cc(Cn2ccnc2)ccc1-c1noc(-c2ccc(OC3CC3)c(Br)c2)n1. The summed E-state index contributed by atoms with van der Waals surface area (Å²) in [4.78, 5) is 8.13. The van der Waals surface area contributed by atoms with Crippen molar-refractivity contribution in [3.8, 4) is 28.6 Å². The molecular weight excluding hydrogens is 489 g/mol. The molecule has 0 atom stereocenters. The average Bonchev–Trinajstić information content (AvgIpc) is 3.21. The zero-order valence-corrected chi connectivity index (χ0v) is 18.1. The van der Waals surface area contributed by atoms with Gasteiger partial charge in [-0.05, 0) is 58.6 Å². The van der Waals surface area contributed by atoms with Crippen LogP contribution in [0.2, 0.25) is 0 Å². The van der Waals surface area contributed by atoms with E-state index in [0.717, 1.165) is 18.9 Å². The van der Waals surface area contributed by atoms with Gasteiger partial charge >= 0.3 is 6.18 Å². The van der Waals surface area contributed by atoms with Gasteiger partial charge in [0.1, 0.15) is 5.75 Å². The third-order valence-corrected chi connectivity index (χ3v) is 5.60. The van der Waals surface area contributed by atoms with Gasteiger partial charge in [0.2, 0.25) is 5.82 Å². The lowest BCUT2D eigenvalue weighted by atomic mass is 10.0. The largest absolute Gasteiger partial charge is 0.489 e. The number of alkyl halides is 3. The number of benzene rings is 2. The van der Waals surface area contributed by atoms with E-state index in [-0.39, 0.29) is 29.9 Å². The van der Waals surface area contributed by atoms with E-state index in [0.29, 0.717) is 21.3 Å². The minimum atomic E-state index is -4.58. The molecule has 2 aromatic heterocycles. The maximum atomic E-state index is 13.8. The molecular formula is C22H16BrF3N4O2. The van der Waals surface area contributed by atoms with Gasteiger partial charge in [-0.2, -0.15) is 18.2 Å². The highest BCUT2D eigenvalue weighted by Gasteiger charge is 2.35. The van der Waals surface area contributed by atoms with Crippen molar-refractivity contribution in [3.63, 3.8) is 0 Å². The quantitative estimate of drug-likeness (QED) is 0.323. The first kappa shape index (κ1) is 20.7. The van der Waals surface area contributed by atoms with Crippen LogP contribution in [0.3, 0.4) is 0 Å². The molecule has 0 radical (unpaired) electrons. The van der Waals surface area contributed by atoms with E-state index >= 15 is 0 Å². The standard InChI is InChI=1S/C22H16BrF3N4O2/c23-18-10-14(2-6-19(18)31-15-3-4-15)21-28-20(29-32-21)16-5-1-13(9-17(16)22(24,25)26)11-30-8-7-27-12-30/h1-2,5-10,12,15H,3-4,11H2. The summed E-state index contributed by atoms with van der Waals surface area (Å²) in [6, 6.07) is 9.33. The summed E-state index contributed by atoms with van der Waals surface area (Å²) in [6.45, 7) is 0.268. The molecule has 2 heterocycles. The Morgan fingerprint density at radius 3 is 2.69 bits per heavy atom. The number of hydrogen-bond donors (Lipinski definition) is 0. The Kier molecular flexibility index (Phi) is 5.24. The molecule has 0 N–H and O–H groups in total. The molecule has 0 bridgehead atoms. The molecule has 0 amide bonds. The fraction of sp³-hybridized carbons (Fsp3) is 0.227. The molecule has 164 valence electrons. The predicted octanol–water partition coefficient (Wildman–Crippen LogP) is 5.97. The smallest absolute Gasteiger partial charge is 0.417 e. The Morgan fingerprint density at radius 1 is 1.16 bits per heavy atom. The van der Waals surface area contributed by atoms with E-state index in [2.05, 4.69) is 31.1 Å². The summed E-state index contributed by atoms with van der Waals surface area (Å²) in [5.74, 6) is 0.689. The van der Waals surface area contributed by atoms with Crippen LogP contribution >= 0.6 is 15.9 Å². The zero-order valence-electron chi connectivity index (χ0n) is 16.5. The van der Waals surface area contributed by atoms with Crippen LogP contribution in [0.15, 0.2) is 64.1 Å². The van der Waals surface area contributed by atoms with Crippen molar-refractivity contribution >= 4 is 15.9 Å². The zero-order chi connectivity index (χ0) is 22.3. The van der Waals surface area contributed by atoms with Crippen LogP contribution in [0.4, 0.5) is 13.2 Å². The summed E-state index contributed by atoms with van der Waals surface area (Å²) in [5, 5.41) is 3.80. The lowest BCUT2D eigenvalue weighted by molar-refractivity contribution is -0.137. The first-order chi connectivity index (χ1) is 15.4. The van der Waals surface area contributed by atoms with Crippen LogP contribution < -0.4 is 4.74 Å². The lowest BCUT2D eigenvalue weighted by Crippen LogP contribution is -2.09. The monoisotopic (exact) mass is 504 g/mol. The normalized spacial score (nSPS) is 14.0. The van der Waals surface area contributed by atoms with Gasteiger partial charge in [-0.25, -0.2) is 4.98 Å². The molecule has 1 saturated carbocycles. The van der Waals surface area contributed by atoms with E-state index in [9.17, 15) is 13.2 Å². The summed E-state index contributed by atoms with van der Waals surface area (Å²) in [7, 11) is 0. The second-order valence-electron chi connectivity index (χ2n) is 7.50.